The third kappa shape index (κ3) is 0.724. The Morgan fingerprint density at radius 3 is 3.10 bits per heavy atom. The number of halogens is 1. The molecule has 2 heterocycles. The van der Waals surface area contributed by atoms with Gasteiger partial charge in [-0.15, -0.1) is 0 Å². The first-order valence-corrected chi connectivity index (χ1v) is 3.60. The monoisotopic (exact) mass is 197 g/mol. The Labute approximate surface area is 65.9 Å². The van der Waals surface area contributed by atoms with Crippen molar-refractivity contribution < 1.29 is 0 Å². The molecule has 0 aliphatic carbocycles. The Morgan fingerprint density at radius 1 is 1.40 bits per heavy atom. The summed E-state index contributed by atoms with van der Waals surface area (Å²) in [6.45, 7) is 0. The molecule has 0 aromatic carbocycles. The van der Waals surface area contributed by atoms with Gasteiger partial charge in [-0.05, 0) is 15.9 Å². The van der Waals surface area contributed by atoms with Crippen LogP contribution in [0, 0.1) is 0 Å². The lowest BCUT2D eigenvalue weighted by Gasteiger charge is -1.89. The molecule has 4 heteroatoms. The van der Waals surface area contributed by atoms with Crippen LogP contribution in [0.2, 0.25) is 0 Å². The molecule has 10 heavy (non-hydrogen) atoms. The summed E-state index contributed by atoms with van der Waals surface area (Å²) in [5.41, 5.74) is 0.995. The lowest BCUT2D eigenvalue weighted by molar-refractivity contribution is 1.07. The Balaban J connectivity index is 2.93. The second-order valence-electron chi connectivity index (χ2n) is 1.90. The quantitative estimate of drug-likeness (QED) is 0.641. The van der Waals surface area contributed by atoms with Crippen molar-refractivity contribution in [1.29, 1.82) is 0 Å². The van der Waals surface area contributed by atoms with E-state index in [2.05, 4.69) is 25.9 Å². The summed E-state index contributed by atoms with van der Waals surface area (Å²) in [5.74, 6) is 0. The van der Waals surface area contributed by atoms with E-state index in [-0.39, 0.29) is 0 Å². The van der Waals surface area contributed by atoms with E-state index in [0.717, 1.165) is 10.3 Å². The molecular weight excluding hydrogens is 194 g/mol. The molecular formula is C6H4BrN3. The van der Waals surface area contributed by atoms with Crippen LogP contribution in [0.1, 0.15) is 0 Å². The van der Waals surface area contributed by atoms with Crippen LogP contribution in [0.3, 0.4) is 0 Å². The van der Waals surface area contributed by atoms with Crippen molar-refractivity contribution in [2.24, 2.45) is 0 Å². The number of rotatable bonds is 0. The number of hydrogen-bond donors (Lipinski definition) is 0. The lowest BCUT2D eigenvalue weighted by Crippen LogP contribution is -1.82. The maximum Gasteiger partial charge on any atom is 0.181 e. The van der Waals surface area contributed by atoms with Gasteiger partial charge in [-0.2, -0.15) is 0 Å². The first kappa shape index (κ1) is 5.85. The molecule has 0 saturated carbocycles. The maximum atomic E-state index is 4.04. The van der Waals surface area contributed by atoms with Crippen molar-refractivity contribution in [2.75, 3.05) is 0 Å². The van der Waals surface area contributed by atoms with Crippen LogP contribution in [0.4, 0.5) is 0 Å². The van der Waals surface area contributed by atoms with Gasteiger partial charge < -0.3 is 0 Å². The Bertz CT molecular complexity index is 355. The van der Waals surface area contributed by atoms with Crippen molar-refractivity contribution in [3.63, 3.8) is 0 Å². The zero-order valence-corrected chi connectivity index (χ0v) is 6.62. The fraction of sp³-hybridized carbons (Fsp3) is 0. The predicted molar refractivity (Wildman–Crippen MR) is 40.7 cm³/mol. The lowest BCUT2D eigenvalue weighted by atomic mass is 10.6. The molecule has 0 bridgehead atoms. The average Bonchev–Trinajstić information content (AvgIpc) is 2.34. The van der Waals surface area contributed by atoms with Crippen LogP contribution in [0.5, 0.6) is 0 Å². The summed E-state index contributed by atoms with van der Waals surface area (Å²) >= 11 is 3.29. The largest absolute Gasteiger partial charge is 0.291 e. The van der Waals surface area contributed by atoms with E-state index in [9.17, 15) is 0 Å². The van der Waals surface area contributed by atoms with Gasteiger partial charge in [0.1, 0.15) is 0 Å². The molecule has 2 aromatic heterocycles. The Morgan fingerprint density at radius 2 is 2.30 bits per heavy atom. The van der Waals surface area contributed by atoms with Crippen molar-refractivity contribution in [3.05, 3.63) is 29.5 Å². The molecule has 0 N–H and O–H groups in total. The molecule has 0 saturated heterocycles. The van der Waals surface area contributed by atoms with E-state index in [1.165, 1.54) is 0 Å². The average molecular weight is 198 g/mol. The van der Waals surface area contributed by atoms with E-state index >= 15 is 0 Å². The van der Waals surface area contributed by atoms with E-state index in [1.54, 1.807) is 18.6 Å². The maximum absolute atomic E-state index is 4.04. The van der Waals surface area contributed by atoms with Crippen LogP contribution >= 0.6 is 15.9 Å². The first-order chi connectivity index (χ1) is 4.88. The molecule has 0 amide bonds. The van der Waals surface area contributed by atoms with Gasteiger partial charge in [0.05, 0.1) is 17.9 Å². The summed E-state index contributed by atoms with van der Waals surface area (Å²) in [6, 6.07) is 0. The highest BCUT2D eigenvalue weighted by atomic mass is 79.9. The summed E-state index contributed by atoms with van der Waals surface area (Å²) in [4.78, 5) is 7.98. The van der Waals surface area contributed by atoms with Crippen molar-refractivity contribution in [2.45, 2.75) is 0 Å². The van der Waals surface area contributed by atoms with Gasteiger partial charge in [0.25, 0.3) is 0 Å². The summed E-state index contributed by atoms with van der Waals surface area (Å²) in [6.07, 6.45) is 7.10. The van der Waals surface area contributed by atoms with Gasteiger partial charge >= 0.3 is 0 Å². The van der Waals surface area contributed by atoms with Crippen LogP contribution in [0.15, 0.2) is 29.5 Å². The third-order valence-corrected chi connectivity index (χ3v) is 1.88. The van der Waals surface area contributed by atoms with Gasteiger partial charge in [0, 0.05) is 12.4 Å². The second-order valence-corrected chi connectivity index (χ2v) is 2.61. The molecule has 0 spiro atoms. The third-order valence-electron chi connectivity index (χ3n) is 1.29. The summed E-state index contributed by atoms with van der Waals surface area (Å²) < 4.78 is 2.72. The fourth-order valence-electron chi connectivity index (χ4n) is 0.818. The van der Waals surface area contributed by atoms with Gasteiger partial charge in [0.15, 0.2) is 4.73 Å². The molecule has 2 rings (SSSR count). The highest BCUT2D eigenvalue weighted by Gasteiger charge is 1.95. The van der Waals surface area contributed by atoms with Crippen LogP contribution in [0.25, 0.3) is 5.52 Å². The van der Waals surface area contributed by atoms with Crippen molar-refractivity contribution in [3.8, 4) is 0 Å². The molecule has 0 fully saturated rings. The first-order valence-electron chi connectivity index (χ1n) is 2.80. The highest BCUT2D eigenvalue weighted by Crippen LogP contribution is 2.09. The van der Waals surface area contributed by atoms with Crippen molar-refractivity contribution in [1.82, 2.24) is 14.4 Å². The molecule has 0 aliphatic heterocycles. The topological polar surface area (TPSA) is 30.2 Å². The molecule has 0 atom stereocenters. The highest BCUT2D eigenvalue weighted by molar-refractivity contribution is 9.10. The number of hydrogen-bond acceptors (Lipinski definition) is 2. The molecule has 0 radical (unpaired) electrons. The van der Waals surface area contributed by atoms with E-state index in [1.807, 2.05) is 10.6 Å². The molecule has 50 valence electrons. The van der Waals surface area contributed by atoms with E-state index in [4.69, 9.17) is 0 Å². The van der Waals surface area contributed by atoms with Crippen LogP contribution in [-0.2, 0) is 0 Å². The smallest absolute Gasteiger partial charge is 0.181 e. The normalized spacial score (nSPS) is 10.5. The minimum Gasteiger partial charge on any atom is -0.291 e. The zero-order chi connectivity index (χ0) is 6.97. The summed E-state index contributed by atoms with van der Waals surface area (Å²) in [5, 5.41) is 0. The van der Waals surface area contributed by atoms with Gasteiger partial charge in [-0.3, -0.25) is 9.38 Å². The van der Waals surface area contributed by atoms with Gasteiger partial charge in [0.2, 0.25) is 0 Å². The molecule has 2 aromatic rings. The van der Waals surface area contributed by atoms with Crippen LogP contribution < -0.4 is 0 Å². The number of fused-ring (bicyclic) bond motifs is 1. The fourth-order valence-corrected chi connectivity index (χ4v) is 1.24. The van der Waals surface area contributed by atoms with Crippen molar-refractivity contribution >= 4 is 21.4 Å². The van der Waals surface area contributed by atoms with Gasteiger partial charge in [-0.25, -0.2) is 4.98 Å². The minimum atomic E-state index is 0.810. The predicted octanol–water partition coefficient (Wildman–Crippen LogP) is 1.49. The van der Waals surface area contributed by atoms with Gasteiger partial charge in [-0.1, -0.05) is 0 Å². The van der Waals surface area contributed by atoms with Crippen LogP contribution in [-0.4, -0.2) is 14.4 Å². The standard InChI is InChI=1S/C6H4BrN3/c7-6-9-4-5-3-8-1-2-10(5)6/h1-4H. The van der Waals surface area contributed by atoms with E-state index < -0.39 is 0 Å². The number of imidazole rings is 1. The zero-order valence-electron chi connectivity index (χ0n) is 5.03. The SMILES string of the molecule is Brc1ncc2cnccn12. The molecule has 3 nitrogen and oxygen atoms in total. The minimum absolute atomic E-state index is 0.810. The number of nitrogens with zero attached hydrogens (tertiary/aromatic N) is 3. The summed E-state index contributed by atoms with van der Waals surface area (Å²) in [7, 11) is 0. The number of aromatic nitrogens is 3. The second kappa shape index (κ2) is 2.05. The molecule has 0 unspecified atom stereocenters. The molecule has 0 aliphatic rings. The Kier molecular flexibility index (Phi) is 1.20. The van der Waals surface area contributed by atoms with E-state index in [0.29, 0.717) is 0 Å². The Hall–Kier alpha value is -0.900.